The van der Waals surface area contributed by atoms with Gasteiger partial charge in [0.25, 0.3) is 0 Å². The van der Waals surface area contributed by atoms with E-state index in [1.807, 2.05) is 30.3 Å². The van der Waals surface area contributed by atoms with E-state index in [1.165, 1.54) is 12.8 Å². The fraction of sp³-hybridized carbons (Fsp3) is 0.400. The molecule has 0 radical (unpaired) electrons. The van der Waals surface area contributed by atoms with Crippen LogP contribution in [0, 0.1) is 0 Å². The zero-order valence-corrected chi connectivity index (χ0v) is 14.3. The maximum atomic E-state index is 12.2. The molecule has 0 aliphatic carbocycles. The first-order chi connectivity index (χ1) is 12.2. The molecule has 1 aromatic carbocycles. The summed E-state index contributed by atoms with van der Waals surface area (Å²) in [4.78, 5) is 26.6. The molecule has 1 aliphatic heterocycles. The summed E-state index contributed by atoms with van der Waals surface area (Å²) in [6.07, 6.45) is 4.45. The highest BCUT2D eigenvalue weighted by atomic mass is 16.3. The Hall–Kier alpha value is -2.40. The molecule has 0 saturated carbocycles. The van der Waals surface area contributed by atoms with Gasteiger partial charge >= 0.3 is 0 Å². The lowest BCUT2D eigenvalue weighted by Crippen LogP contribution is -2.36. The molecule has 1 fully saturated rings. The summed E-state index contributed by atoms with van der Waals surface area (Å²) in [7, 11) is 0. The predicted octanol–water partition coefficient (Wildman–Crippen LogP) is 3.20. The molecule has 25 heavy (non-hydrogen) atoms. The third-order valence-electron chi connectivity index (χ3n) is 4.62. The normalized spacial score (nSPS) is 15.8. The maximum Gasteiger partial charge on any atom is 0.220 e. The quantitative estimate of drug-likeness (QED) is 0.750. The number of nitrogens with one attached hydrogen (secondary N) is 1. The van der Waals surface area contributed by atoms with Crippen LogP contribution in [0.15, 0.2) is 53.1 Å². The Bertz CT molecular complexity index is 676. The minimum Gasteiger partial charge on any atom is -0.468 e. The van der Waals surface area contributed by atoms with Crippen molar-refractivity contribution < 1.29 is 14.0 Å². The van der Waals surface area contributed by atoms with Crippen LogP contribution in [-0.4, -0.2) is 36.2 Å². The van der Waals surface area contributed by atoms with Crippen LogP contribution in [0.3, 0.4) is 0 Å². The van der Waals surface area contributed by atoms with Crippen LogP contribution in [0.2, 0.25) is 0 Å². The van der Waals surface area contributed by atoms with Gasteiger partial charge in [-0.05, 0) is 38.1 Å². The van der Waals surface area contributed by atoms with Gasteiger partial charge in [-0.2, -0.15) is 0 Å². The molecule has 5 nitrogen and oxygen atoms in total. The Kier molecular flexibility index (Phi) is 6.01. The van der Waals surface area contributed by atoms with E-state index < -0.39 is 0 Å². The van der Waals surface area contributed by atoms with Crippen LogP contribution in [0.25, 0.3) is 0 Å². The molecule has 1 N–H and O–H groups in total. The van der Waals surface area contributed by atoms with Crippen molar-refractivity contribution in [1.29, 1.82) is 0 Å². The van der Waals surface area contributed by atoms with Gasteiger partial charge in [-0.15, -0.1) is 0 Å². The van der Waals surface area contributed by atoms with Crippen LogP contribution in [0.1, 0.15) is 47.8 Å². The Balaban J connectivity index is 1.49. The molecule has 132 valence electrons. The highest BCUT2D eigenvalue weighted by Gasteiger charge is 2.25. The van der Waals surface area contributed by atoms with Crippen LogP contribution in [0.4, 0.5) is 0 Å². The first-order valence-corrected chi connectivity index (χ1v) is 8.86. The number of amides is 1. The highest BCUT2D eigenvalue weighted by Crippen LogP contribution is 2.24. The molecular weight excluding hydrogens is 316 g/mol. The minimum atomic E-state index is -0.0972. The fourth-order valence-electron chi connectivity index (χ4n) is 3.24. The second-order valence-electron chi connectivity index (χ2n) is 6.37. The highest BCUT2D eigenvalue weighted by molar-refractivity contribution is 5.97. The summed E-state index contributed by atoms with van der Waals surface area (Å²) in [6, 6.07) is 13.0. The van der Waals surface area contributed by atoms with Crippen LogP contribution in [0.5, 0.6) is 0 Å². The third kappa shape index (κ3) is 4.79. The molecular formula is C20H24N2O3. The van der Waals surface area contributed by atoms with E-state index in [2.05, 4.69) is 10.2 Å². The van der Waals surface area contributed by atoms with Crippen molar-refractivity contribution in [2.45, 2.75) is 31.7 Å². The summed E-state index contributed by atoms with van der Waals surface area (Å²) in [5.41, 5.74) is 0.654. The zero-order valence-electron chi connectivity index (χ0n) is 14.3. The summed E-state index contributed by atoms with van der Waals surface area (Å²) in [5.74, 6) is 0.778. The van der Waals surface area contributed by atoms with Gasteiger partial charge in [0.05, 0.1) is 12.3 Å². The van der Waals surface area contributed by atoms with Gasteiger partial charge in [-0.3, -0.25) is 14.5 Å². The maximum absolute atomic E-state index is 12.2. The predicted molar refractivity (Wildman–Crippen MR) is 95.3 cm³/mol. The molecule has 2 heterocycles. The second kappa shape index (κ2) is 8.62. The Morgan fingerprint density at radius 3 is 2.48 bits per heavy atom. The average Bonchev–Trinajstić information content (AvgIpc) is 3.35. The smallest absolute Gasteiger partial charge is 0.220 e. The molecule has 2 aromatic rings. The van der Waals surface area contributed by atoms with E-state index in [4.69, 9.17) is 4.42 Å². The standard InChI is InChI=1S/C20H24N2O3/c23-18(16-7-2-1-3-8-16)10-11-20(24)21-15-17(19-9-6-14-25-19)22-12-4-5-13-22/h1-3,6-9,14,17H,4-5,10-13,15H2,(H,21,24)/t17-/m1/s1. The van der Waals surface area contributed by atoms with Gasteiger partial charge in [0.1, 0.15) is 5.76 Å². The number of likely N-dealkylation sites (tertiary alicyclic amines) is 1. The average molecular weight is 340 g/mol. The van der Waals surface area contributed by atoms with E-state index in [0.29, 0.717) is 12.1 Å². The first-order valence-electron chi connectivity index (χ1n) is 8.86. The van der Waals surface area contributed by atoms with Gasteiger partial charge in [-0.1, -0.05) is 30.3 Å². The Morgan fingerprint density at radius 2 is 1.80 bits per heavy atom. The molecule has 0 spiro atoms. The molecule has 0 unspecified atom stereocenters. The van der Waals surface area contributed by atoms with E-state index in [0.717, 1.165) is 18.8 Å². The molecule has 5 heteroatoms. The summed E-state index contributed by atoms with van der Waals surface area (Å²) < 4.78 is 5.55. The van der Waals surface area contributed by atoms with E-state index in [-0.39, 0.29) is 30.6 Å². The van der Waals surface area contributed by atoms with E-state index in [1.54, 1.807) is 18.4 Å². The van der Waals surface area contributed by atoms with Gasteiger partial charge < -0.3 is 9.73 Å². The number of carbonyl (C=O) groups is 2. The third-order valence-corrected chi connectivity index (χ3v) is 4.62. The Labute approximate surface area is 148 Å². The van der Waals surface area contributed by atoms with Crippen molar-refractivity contribution in [2.24, 2.45) is 0 Å². The molecule has 1 amide bonds. The lowest BCUT2D eigenvalue weighted by molar-refractivity contribution is -0.121. The summed E-state index contributed by atoms with van der Waals surface area (Å²) in [5, 5.41) is 2.96. The zero-order chi connectivity index (χ0) is 17.5. The van der Waals surface area contributed by atoms with E-state index in [9.17, 15) is 9.59 Å². The summed E-state index contributed by atoms with van der Waals surface area (Å²) in [6.45, 7) is 2.55. The van der Waals surface area contributed by atoms with Crippen LogP contribution < -0.4 is 5.32 Å². The van der Waals surface area contributed by atoms with Gasteiger partial charge in [0, 0.05) is 24.9 Å². The van der Waals surface area contributed by atoms with Crippen molar-refractivity contribution in [3.05, 3.63) is 60.1 Å². The number of benzene rings is 1. The monoisotopic (exact) mass is 340 g/mol. The lowest BCUT2D eigenvalue weighted by Gasteiger charge is -2.26. The number of hydrogen-bond donors (Lipinski definition) is 1. The van der Waals surface area contributed by atoms with Gasteiger partial charge in [0.2, 0.25) is 5.91 Å². The van der Waals surface area contributed by atoms with Crippen molar-refractivity contribution in [1.82, 2.24) is 10.2 Å². The van der Waals surface area contributed by atoms with Crippen LogP contribution >= 0.6 is 0 Å². The molecule has 3 rings (SSSR count). The SMILES string of the molecule is O=C(CCC(=O)c1ccccc1)NC[C@H](c1ccco1)N1CCCC1. The number of carbonyl (C=O) groups excluding carboxylic acids is 2. The molecule has 1 atom stereocenters. The van der Waals surface area contributed by atoms with Crippen LogP contribution in [-0.2, 0) is 4.79 Å². The number of ketones is 1. The molecule has 1 aromatic heterocycles. The number of Topliss-reactive ketones (excluding diaryl/α,β-unsaturated/α-hetero) is 1. The number of nitrogens with zero attached hydrogens (tertiary/aromatic N) is 1. The molecule has 1 saturated heterocycles. The lowest BCUT2D eigenvalue weighted by atomic mass is 10.1. The van der Waals surface area contributed by atoms with Gasteiger partial charge in [-0.25, -0.2) is 0 Å². The number of rotatable bonds is 8. The summed E-state index contributed by atoms with van der Waals surface area (Å²) >= 11 is 0. The fourth-order valence-corrected chi connectivity index (χ4v) is 3.24. The number of furan rings is 1. The van der Waals surface area contributed by atoms with Gasteiger partial charge in [0.15, 0.2) is 5.78 Å². The Morgan fingerprint density at radius 1 is 1.04 bits per heavy atom. The largest absolute Gasteiger partial charge is 0.468 e. The van der Waals surface area contributed by atoms with Crippen molar-refractivity contribution >= 4 is 11.7 Å². The number of hydrogen-bond acceptors (Lipinski definition) is 4. The molecule has 1 aliphatic rings. The van der Waals surface area contributed by atoms with Crippen molar-refractivity contribution in [3.8, 4) is 0 Å². The van der Waals surface area contributed by atoms with Crippen molar-refractivity contribution in [3.63, 3.8) is 0 Å². The molecule has 0 bridgehead atoms. The minimum absolute atomic E-state index is 0.00197. The van der Waals surface area contributed by atoms with Crippen molar-refractivity contribution in [2.75, 3.05) is 19.6 Å². The second-order valence-corrected chi connectivity index (χ2v) is 6.37. The van der Waals surface area contributed by atoms with E-state index >= 15 is 0 Å². The topological polar surface area (TPSA) is 62.6 Å². The first kappa shape index (κ1) is 17.4.